The lowest BCUT2D eigenvalue weighted by Gasteiger charge is -2.07. The first-order valence-corrected chi connectivity index (χ1v) is 7.91. The van der Waals surface area contributed by atoms with Crippen LogP contribution in [-0.2, 0) is 20.9 Å². The van der Waals surface area contributed by atoms with Crippen molar-refractivity contribution in [3.05, 3.63) is 59.0 Å². The largest absolute Gasteiger partial charge is 0.467 e. The monoisotopic (exact) mass is 364 g/mol. The van der Waals surface area contributed by atoms with Gasteiger partial charge >= 0.3 is 5.97 Å². The normalized spacial score (nSPS) is 10.1. The Bertz CT molecular complexity index is 713. The Morgan fingerprint density at radius 1 is 1.08 bits per heavy atom. The van der Waals surface area contributed by atoms with Crippen LogP contribution in [-0.4, -0.2) is 30.9 Å². The summed E-state index contributed by atoms with van der Waals surface area (Å²) in [4.78, 5) is 34.9. The molecule has 2 rings (SSSR count). The predicted octanol–water partition coefficient (Wildman–Crippen LogP) is 1.91. The molecule has 1 aromatic carbocycles. The van der Waals surface area contributed by atoms with Crippen LogP contribution in [0.3, 0.4) is 0 Å². The smallest absolute Gasteiger partial charge is 0.308 e. The van der Waals surface area contributed by atoms with E-state index in [1.54, 1.807) is 36.4 Å². The van der Waals surface area contributed by atoms with Crippen molar-refractivity contribution in [1.82, 2.24) is 10.6 Å². The lowest BCUT2D eigenvalue weighted by molar-refractivity contribution is -0.148. The van der Waals surface area contributed by atoms with Crippen molar-refractivity contribution in [3.8, 4) is 0 Å². The fourth-order valence-corrected chi connectivity index (χ4v) is 1.98. The third-order valence-corrected chi connectivity index (χ3v) is 3.38. The molecular formula is C17H17ClN2O5. The van der Waals surface area contributed by atoms with Crippen LogP contribution in [0.5, 0.6) is 0 Å². The number of ether oxygens (including phenoxy) is 1. The summed E-state index contributed by atoms with van der Waals surface area (Å²) in [6.07, 6.45) is 1.46. The zero-order chi connectivity index (χ0) is 18.1. The van der Waals surface area contributed by atoms with Gasteiger partial charge in [-0.1, -0.05) is 11.6 Å². The van der Waals surface area contributed by atoms with Crippen molar-refractivity contribution in [2.24, 2.45) is 0 Å². The van der Waals surface area contributed by atoms with E-state index >= 15 is 0 Å². The van der Waals surface area contributed by atoms with Gasteiger partial charge in [-0.25, -0.2) is 0 Å². The van der Waals surface area contributed by atoms with Crippen LogP contribution >= 0.6 is 11.6 Å². The van der Waals surface area contributed by atoms with Crippen LogP contribution in [0.25, 0.3) is 0 Å². The molecule has 0 spiro atoms. The van der Waals surface area contributed by atoms with Crippen LogP contribution in [0.2, 0.25) is 5.02 Å². The van der Waals surface area contributed by atoms with Gasteiger partial charge in [0.25, 0.3) is 11.8 Å². The number of rotatable bonds is 8. The number of furan rings is 1. The lowest BCUT2D eigenvalue weighted by Crippen LogP contribution is -2.30. The SMILES string of the molecule is O=C(COC(=O)CCNC(=O)c1ccc(Cl)cc1)NCc1ccco1. The number of esters is 1. The number of carbonyl (C=O) groups is 3. The maximum absolute atomic E-state index is 11.8. The summed E-state index contributed by atoms with van der Waals surface area (Å²) in [7, 11) is 0. The average molecular weight is 365 g/mol. The minimum atomic E-state index is -0.579. The zero-order valence-electron chi connectivity index (χ0n) is 13.3. The highest BCUT2D eigenvalue weighted by molar-refractivity contribution is 6.30. The Kier molecular flexibility index (Phi) is 7.03. The zero-order valence-corrected chi connectivity index (χ0v) is 14.0. The highest BCUT2D eigenvalue weighted by atomic mass is 35.5. The standard InChI is InChI=1S/C17H17ClN2O5/c18-13-5-3-12(4-6-13)17(23)19-8-7-16(22)25-11-15(21)20-10-14-2-1-9-24-14/h1-6,9H,7-8,10-11H2,(H,19,23)(H,20,21). The van der Waals surface area contributed by atoms with Crippen molar-refractivity contribution in [2.45, 2.75) is 13.0 Å². The summed E-state index contributed by atoms with van der Waals surface area (Å²) < 4.78 is 9.88. The molecule has 0 saturated carbocycles. The first kappa shape index (κ1) is 18.5. The van der Waals surface area contributed by atoms with E-state index in [-0.39, 0.29) is 32.0 Å². The Balaban J connectivity index is 1.59. The Morgan fingerprint density at radius 2 is 1.84 bits per heavy atom. The molecule has 7 nitrogen and oxygen atoms in total. The molecule has 2 amide bonds. The molecule has 25 heavy (non-hydrogen) atoms. The van der Waals surface area contributed by atoms with E-state index in [4.69, 9.17) is 20.8 Å². The minimum absolute atomic E-state index is 0.0369. The average Bonchev–Trinajstić information content (AvgIpc) is 3.12. The van der Waals surface area contributed by atoms with E-state index < -0.39 is 11.9 Å². The molecule has 132 valence electrons. The Labute approximate surface area is 149 Å². The number of hydrogen-bond donors (Lipinski definition) is 2. The van der Waals surface area contributed by atoms with Gasteiger partial charge in [0, 0.05) is 17.1 Å². The fourth-order valence-electron chi connectivity index (χ4n) is 1.85. The van der Waals surface area contributed by atoms with Crippen LogP contribution in [0.1, 0.15) is 22.5 Å². The van der Waals surface area contributed by atoms with Crippen LogP contribution in [0.15, 0.2) is 47.1 Å². The molecule has 1 aromatic heterocycles. The molecule has 0 bridgehead atoms. The second-order valence-electron chi connectivity index (χ2n) is 5.03. The first-order chi connectivity index (χ1) is 12.0. The lowest BCUT2D eigenvalue weighted by atomic mass is 10.2. The van der Waals surface area contributed by atoms with E-state index in [2.05, 4.69) is 10.6 Å². The Hall–Kier alpha value is -2.80. The van der Waals surface area contributed by atoms with Crippen molar-refractivity contribution < 1.29 is 23.5 Å². The topological polar surface area (TPSA) is 97.6 Å². The van der Waals surface area contributed by atoms with Gasteiger partial charge in [0.15, 0.2) is 6.61 Å². The number of halogens is 1. The van der Waals surface area contributed by atoms with Crippen molar-refractivity contribution in [2.75, 3.05) is 13.2 Å². The van der Waals surface area contributed by atoms with Crippen LogP contribution < -0.4 is 10.6 Å². The van der Waals surface area contributed by atoms with Gasteiger partial charge in [-0.3, -0.25) is 14.4 Å². The predicted molar refractivity (Wildman–Crippen MR) is 89.9 cm³/mol. The number of hydrogen-bond acceptors (Lipinski definition) is 5. The molecule has 0 saturated heterocycles. The molecule has 0 fully saturated rings. The fraction of sp³-hybridized carbons (Fsp3) is 0.235. The molecule has 0 aliphatic rings. The molecular weight excluding hydrogens is 348 g/mol. The summed E-state index contributed by atoms with van der Waals surface area (Å²) in [6, 6.07) is 9.80. The summed E-state index contributed by atoms with van der Waals surface area (Å²) in [5.41, 5.74) is 0.440. The van der Waals surface area contributed by atoms with E-state index in [0.717, 1.165) is 0 Å². The molecule has 0 aliphatic heterocycles. The van der Waals surface area contributed by atoms with Crippen LogP contribution in [0.4, 0.5) is 0 Å². The maximum atomic E-state index is 11.8. The molecule has 0 unspecified atom stereocenters. The highest BCUT2D eigenvalue weighted by Gasteiger charge is 2.10. The number of nitrogens with one attached hydrogen (secondary N) is 2. The van der Waals surface area contributed by atoms with Gasteiger partial charge in [-0.05, 0) is 36.4 Å². The molecule has 1 heterocycles. The van der Waals surface area contributed by atoms with Gasteiger partial charge in [0.1, 0.15) is 5.76 Å². The molecule has 0 aliphatic carbocycles. The summed E-state index contributed by atoms with van der Waals surface area (Å²) >= 11 is 5.74. The molecule has 2 N–H and O–H groups in total. The second kappa shape index (κ2) is 9.48. The third-order valence-electron chi connectivity index (χ3n) is 3.13. The van der Waals surface area contributed by atoms with E-state index in [1.807, 2.05) is 0 Å². The minimum Gasteiger partial charge on any atom is -0.467 e. The highest BCUT2D eigenvalue weighted by Crippen LogP contribution is 2.09. The molecule has 2 aromatic rings. The first-order valence-electron chi connectivity index (χ1n) is 7.53. The van der Waals surface area contributed by atoms with E-state index in [9.17, 15) is 14.4 Å². The summed E-state index contributed by atoms with van der Waals surface area (Å²) in [5.74, 6) is -0.732. The molecule has 0 radical (unpaired) electrons. The van der Waals surface area contributed by atoms with E-state index in [1.165, 1.54) is 6.26 Å². The maximum Gasteiger partial charge on any atom is 0.308 e. The number of amides is 2. The van der Waals surface area contributed by atoms with Crippen LogP contribution in [0, 0.1) is 0 Å². The number of carbonyl (C=O) groups excluding carboxylic acids is 3. The van der Waals surface area contributed by atoms with Gasteiger partial charge in [0.2, 0.25) is 0 Å². The van der Waals surface area contributed by atoms with E-state index in [0.29, 0.717) is 16.3 Å². The second-order valence-corrected chi connectivity index (χ2v) is 5.47. The van der Waals surface area contributed by atoms with Gasteiger partial charge < -0.3 is 19.8 Å². The molecule has 0 atom stereocenters. The van der Waals surface area contributed by atoms with Gasteiger partial charge in [0.05, 0.1) is 19.2 Å². The summed E-state index contributed by atoms with van der Waals surface area (Å²) in [6.45, 7) is -0.0560. The Morgan fingerprint density at radius 3 is 2.52 bits per heavy atom. The third kappa shape index (κ3) is 6.68. The van der Waals surface area contributed by atoms with Crippen molar-refractivity contribution >= 4 is 29.4 Å². The summed E-state index contributed by atoms with van der Waals surface area (Å²) in [5, 5.41) is 5.67. The van der Waals surface area contributed by atoms with Gasteiger partial charge in [-0.2, -0.15) is 0 Å². The number of benzene rings is 1. The molecule has 8 heteroatoms. The van der Waals surface area contributed by atoms with Crippen molar-refractivity contribution in [1.29, 1.82) is 0 Å². The quantitative estimate of drug-likeness (QED) is 0.697. The van der Waals surface area contributed by atoms with Crippen molar-refractivity contribution in [3.63, 3.8) is 0 Å². The van der Waals surface area contributed by atoms with Gasteiger partial charge in [-0.15, -0.1) is 0 Å².